The third kappa shape index (κ3) is 4.59. The molecule has 0 bridgehead atoms. The molecule has 1 atom stereocenters. The molecule has 1 amide bonds. The normalized spacial score (nSPS) is 21.0. The molecule has 2 aromatic rings. The van der Waals surface area contributed by atoms with Gasteiger partial charge in [0.1, 0.15) is 0 Å². The number of amides is 1. The lowest BCUT2D eigenvalue weighted by Gasteiger charge is -2.29. The van der Waals surface area contributed by atoms with Gasteiger partial charge in [-0.15, -0.1) is 0 Å². The van der Waals surface area contributed by atoms with Gasteiger partial charge in [-0.3, -0.25) is 4.79 Å². The molecule has 2 heterocycles. The zero-order valence-corrected chi connectivity index (χ0v) is 16.1. The lowest BCUT2D eigenvalue weighted by molar-refractivity contribution is -0.119. The largest absolute Gasteiger partial charge is 0.312 e. The number of hydrogen-bond donors (Lipinski definition) is 0. The van der Waals surface area contributed by atoms with E-state index in [-0.39, 0.29) is 5.91 Å². The molecule has 2 saturated heterocycles. The summed E-state index contributed by atoms with van der Waals surface area (Å²) in [5.74, 6) is 1.06. The number of para-hydroxylation sites is 1. The van der Waals surface area contributed by atoms with E-state index in [1.165, 1.54) is 37.1 Å². The smallest absolute Gasteiger partial charge is 0.226 e. The van der Waals surface area contributed by atoms with E-state index in [1.807, 2.05) is 4.90 Å². The maximum absolute atomic E-state index is 12.3. The molecule has 0 saturated carbocycles. The topological polar surface area (TPSA) is 23.6 Å². The second-order valence-corrected chi connectivity index (χ2v) is 8.03. The molecule has 27 heavy (non-hydrogen) atoms. The van der Waals surface area contributed by atoms with E-state index in [2.05, 4.69) is 59.5 Å². The lowest BCUT2D eigenvalue weighted by atomic mass is 9.99. The maximum Gasteiger partial charge on any atom is 0.226 e. The van der Waals surface area contributed by atoms with Gasteiger partial charge in [-0.25, -0.2) is 0 Å². The number of rotatable bonds is 6. The molecule has 0 aliphatic carbocycles. The number of hydrogen-bond acceptors (Lipinski definition) is 2. The average molecular weight is 363 g/mol. The Morgan fingerprint density at radius 1 is 0.926 bits per heavy atom. The van der Waals surface area contributed by atoms with Crippen LogP contribution >= 0.6 is 0 Å². The predicted octanol–water partition coefficient (Wildman–Crippen LogP) is 4.31. The van der Waals surface area contributed by atoms with Crippen molar-refractivity contribution in [1.29, 1.82) is 0 Å². The second-order valence-electron chi connectivity index (χ2n) is 8.03. The standard InChI is InChI=1S/C24H30N2O/c27-24-12-6-7-15-26(24)23-11-5-4-10-22(23)14-17-25-16-13-21(19-25)18-20-8-2-1-3-9-20/h1-5,8-11,21H,6-7,12-19H2. The number of piperidine rings is 1. The highest BCUT2D eigenvalue weighted by atomic mass is 16.2. The van der Waals surface area contributed by atoms with E-state index in [0.717, 1.165) is 44.0 Å². The summed E-state index contributed by atoms with van der Waals surface area (Å²) in [7, 11) is 0. The van der Waals surface area contributed by atoms with Crippen molar-refractivity contribution >= 4 is 11.6 Å². The Bertz CT molecular complexity index is 758. The molecule has 4 rings (SSSR count). The highest BCUT2D eigenvalue weighted by molar-refractivity contribution is 5.94. The Kier molecular flexibility index (Phi) is 5.88. The first kappa shape index (κ1) is 18.2. The number of benzene rings is 2. The fourth-order valence-corrected chi connectivity index (χ4v) is 4.55. The number of carbonyl (C=O) groups excluding carboxylic acids is 1. The summed E-state index contributed by atoms with van der Waals surface area (Å²) < 4.78 is 0. The van der Waals surface area contributed by atoms with Gasteiger partial charge in [-0.2, -0.15) is 0 Å². The second kappa shape index (κ2) is 8.71. The highest BCUT2D eigenvalue weighted by Gasteiger charge is 2.24. The minimum atomic E-state index is 0.290. The van der Waals surface area contributed by atoms with E-state index in [1.54, 1.807) is 0 Å². The van der Waals surface area contributed by atoms with Crippen molar-refractivity contribution in [3.05, 3.63) is 65.7 Å². The summed E-state index contributed by atoms with van der Waals surface area (Å²) in [6.45, 7) is 4.35. The van der Waals surface area contributed by atoms with Crippen molar-refractivity contribution < 1.29 is 4.79 Å². The molecule has 0 aromatic heterocycles. The molecule has 3 nitrogen and oxygen atoms in total. The Labute approximate surface area is 163 Å². The van der Waals surface area contributed by atoms with Crippen LogP contribution in [0, 0.1) is 5.92 Å². The average Bonchev–Trinajstić information content (AvgIpc) is 3.15. The van der Waals surface area contributed by atoms with Gasteiger partial charge in [0, 0.05) is 31.7 Å². The quantitative estimate of drug-likeness (QED) is 0.764. The highest BCUT2D eigenvalue weighted by Crippen LogP contribution is 2.26. The van der Waals surface area contributed by atoms with Crippen LogP contribution in [0.2, 0.25) is 0 Å². The predicted molar refractivity (Wildman–Crippen MR) is 111 cm³/mol. The maximum atomic E-state index is 12.3. The molecule has 2 fully saturated rings. The summed E-state index contributed by atoms with van der Waals surface area (Å²) >= 11 is 0. The number of anilines is 1. The van der Waals surface area contributed by atoms with Crippen LogP contribution in [0.5, 0.6) is 0 Å². The minimum Gasteiger partial charge on any atom is -0.312 e. The summed E-state index contributed by atoms with van der Waals surface area (Å²) in [4.78, 5) is 17.0. The van der Waals surface area contributed by atoms with Crippen molar-refractivity contribution in [2.45, 2.75) is 38.5 Å². The van der Waals surface area contributed by atoms with Crippen molar-refractivity contribution in [2.24, 2.45) is 5.92 Å². The first-order valence-electron chi connectivity index (χ1n) is 10.4. The van der Waals surface area contributed by atoms with Crippen molar-refractivity contribution in [2.75, 3.05) is 31.1 Å². The molecule has 2 aliphatic rings. The van der Waals surface area contributed by atoms with Gasteiger partial charge in [-0.05, 0) is 61.8 Å². The minimum absolute atomic E-state index is 0.290. The Morgan fingerprint density at radius 3 is 2.59 bits per heavy atom. The van der Waals surface area contributed by atoms with Crippen LogP contribution in [-0.4, -0.2) is 37.0 Å². The van der Waals surface area contributed by atoms with Gasteiger partial charge < -0.3 is 9.80 Å². The van der Waals surface area contributed by atoms with E-state index < -0.39 is 0 Å². The Morgan fingerprint density at radius 2 is 1.74 bits per heavy atom. The van der Waals surface area contributed by atoms with Crippen molar-refractivity contribution in [3.63, 3.8) is 0 Å². The molecule has 3 heteroatoms. The summed E-state index contributed by atoms with van der Waals surface area (Å²) in [5.41, 5.74) is 3.92. The van der Waals surface area contributed by atoms with Gasteiger partial charge in [0.2, 0.25) is 5.91 Å². The van der Waals surface area contributed by atoms with E-state index in [9.17, 15) is 4.79 Å². The summed E-state index contributed by atoms with van der Waals surface area (Å²) in [6.07, 6.45) is 6.36. The van der Waals surface area contributed by atoms with E-state index in [4.69, 9.17) is 0 Å². The van der Waals surface area contributed by atoms with Gasteiger partial charge in [0.25, 0.3) is 0 Å². The molecule has 0 radical (unpaired) electrons. The molecule has 142 valence electrons. The molecular weight excluding hydrogens is 332 g/mol. The first-order valence-corrected chi connectivity index (χ1v) is 10.4. The summed E-state index contributed by atoms with van der Waals surface area (Å²) in [6, 6.07) is 19.4. The Hall–Kier alpha value is -2.13. The number of nitrogens with zero attached hydrogens (tertiary/aromatic N) is 2. The fourth-order valence-electron chi connectivity index (χ4n) is 4.55. The monoisotopic (exact) mass is 362 g/mol. The molecular formula is C24H30N2O. The lowest BCUT2D eigenvalue weighted by Crippen LogP contribution is -2.36. The molecule has 0 N–H and O–H groups in total. The first-order chi connectivity index (χ1) is 13.3. The van der Waals surface area contributed by atoms with Gasteiger partial charge in [0.05, 0.1) is 0 Å². The molecule has 1 unspecified atom stereocenters. The summed E-state index contributed by atoms with van der Waals surface area (Å²) in [5, 5.41) is 0. The third-order valence-electron chi connectivity index (χ3n) is 6.04. The van der Waals surface area contributed by atoms with Crippen LogP contribution in [0.15, 0.2) is 54.6 Å². The van der Waals surface area contributed by atoms with Crippen LogP contribution in [-0.2, 0) is 17.6 Å². The van der Waals surface area contributed by atoms with Crippen LogP contribution in [0.4, 0.5) is 5.69 Å². The van der Waals surface area contributed by atoms with E-state index >= 15 is 0 Å². The van der Waals surface area contributed by atoms with Crippen molar-refractivity contribution in [1.82, 2.24) is 4.90 Å². The molecule has 0 spiro atoms. The Balaban J connectivity index is 1.34. The van der Waals surface area contributed by atoms with Gasteiger partial charge in [0.15, 0.2) is 0 Å². The number of carbonyl (C=O) groups is 1. The van der Waals surface area contributed by atoms with Crippen molar-refractivity contribution in [3.8, 4) is 0 Å². The van der Waals surface area contributed by atoms with Crippen LogP contribution in [0.1, 0.15) is 36.8 Å². The fraction of sp³-hybridized carbons (Fsp3) is 0.458. The zero-order chi connectivity index (χ0) is 18.5. The van der Waals surface area contributed by atoms with Crippen LogP contribution in [0.3, 0.4) is 0 Å². The number of likely N-dealkylation sites (tertiary alicyclic amines) is 1. The van der Waals surface area contributed by atoms with Gasteiger partial charge >= 0.3 is 0 Å². The van der Waals surface area contributed by atoms with Crippen LogP contribution < -0.4 is 4.90 Å². The van der Waals surface area contributed by atoms with Gasteiger partial charge in [-0.1, -0.05) is 48.5 Å². The van der Waals surface area contributed by atoms with E-state index in [0.29, 0.717) is 6.42 Å². The molecule has 2 aliphatic heterocycles. The van der Waals surface area contributed by atoms with Crippen LogP contribution in [0.25, 0.3) is 0 Å². The SMILES string of the molecule is O=C1CCCCN1c1ccccc1CCN1CCC(Cc2ccccc2)C1. The third-order valence-corrected chi connectivity index (χ3v) is 6.04. The molecule has 2 aromatic carbocycles. The zero-order valence-electron chi connectivity index (χ0n) is 16.1.